The first-order chi connectivity index (χ1) is 34.5. The van der Waals surface area contributed by atoms with Gasteiger partial charge in [0.2, 0.25) is 0 Å². The maximum atomic E-state index is 2.56. The molecule has 3 unspecified atom stereocenters. The summed E-state index contributed by atoms with van der Waals surface area (Å²) in [5, 5.41) is 2.56. The van der Waals surface area contributed by atoms with Gasteiger partial charge < -0.3 is 4.57 Å². The van der Waals surface area contributed by atoms with Crippen LogP contribution in [0, 0.1) is 6.92 Å². The van der Waals surface area contributed by atoms with Crippen LogP contribution in [0.5, 0.6) is 0 Å². The number of aromatic nitrogens is 1. The highest BCUT2D eigenvalue weighted by molar-refractivity contribution is 6.10. The molecule has 11 aromatic rings. The average Bonchev–Trinajstić information content (AvgIpc) is 3.73. The fourth-order valence-electron chi connectivity index (χ4n) is 11.9. The lowest BCUT2D eigenvalue weighted by Gasteiger charge is -2.35. The van der Waals surface area contributed by atoms with Crippen molar-refractivity contribution in [1.29, 1.82) is 0 Å². The number of hydrogen-bond donors (Lipinski definition) is 0. The zero-order chi connectivity index (χ0) is 47.1. The van der Waals surface area contributed by atoms with Gasteiger partial charge in [-0.05, 0) is 151 Å². The second kappa shape index (κ2) is 18.5. The number of para-hydroxylation sites is 1. The summed E-state index contributed by atoms with van der Waals surface area (Å²) in [4.78, 5) is 0. The van der Waals surface area contributed by atoms with E-state index >= 15 is 0 Å². The van der Waals surface area contributed by atoms with E-state index in [2.05, 4.69) is 262 Å². The van der Waals surface area contributed by atoms with Crippen LogP contribution < -0.4 is 0 Å². The highest BCUT2D eigenvalue weighted by Gasteiger charge is 2.34. The van der Waals surface area contributed by atoms with Crippen molar-refractivity contribution in [2.45, 2.75) is 57.8 Å². The van der Waals surface area contributed by atoms with E-state index in [9.17, 15) is 0 Å². The molecule has 0 saturated heterocycles. The third-order valence-corrected chi connectivity index (χ3v) is 15.3. The molecule has 0 saturated carbocycles. The van der Waals surface area contributed by atoms with Crippen molar-refractivity contribution in [3.05, 3.63) is 292 Å². The van der Waals surface area contributed by atoms with Gasteiger partial charge in [0.05, 0.1) is 11.0 Å². The van der Waals surface area contributed by atoms with E-state index < -0.39 is 0 Å². The summed E-state index contributed by atoms with van der Waals surface area (Å²) in [6.07, 6.45) is 2.83. The molecule has 0 aliphatic heterocycles. The Labute approximate surface area is 413 Å². The lowest BCUT2D eigenvalue weighted by Crippen LogP contribution is -2.18. The van der Waals surface area contributed by atoms with Crippen LogP contribution in [-0.2, 0) is 12.8 Å². The molecule has 0 fully saturated rings. The summed E-state index contributed by atoms with van der Waals surface area (Å²) in [6.45, 7) is 7.06. The smallest absolute Gasteiger partial charge is 0.0547 e. The number of fused-ring (bicyclic) bond motifs is 6. The van der Waals surface area contributed by atoms with E-state index in [-0.39, 0.29) is 11.8 Å². The molecule has 12 rings (SSSR count). The second-order valence-electron chi connectivity index (χ2n) is 19.6. The zero-order valence-electron chi connectivity index (χ0n) is 40.3. The number of aryl methyl sites for hydroxylation is 1. The van der Waals surface area contributed by atoms with E-state index in [4.69, 9.17) is 0 Å². The first-order valence-corrected chi connectivity index (χ1v) is 25.2. The number of nitrogens with zero attached hydrogens (tertiary/aromatic N) is 1. The first kappa shape index (κ1) is 43.3. The van der Waals surface area contributed by atoms with Gasteiger partial charge in [-0.3, -0.25) is 0 Å². The number of benzene rings is 10. The van der Waals surface area contributed by atoms with Crippen molar-refractivity contribution < 1.29 is 0 Å². The van der Waals surface area contributed by atoms with Crippen LogP contribution in [0.2, 0.25) is 0 Å². The standard InChI is InChI=1S/C69H57N/c1-4-57(52-24-13-7-14-25-52)59-36-33-55(44-65(59)58-28-18-17-19-46(58)2)69-47(3)63-43-53(31-35-60(63)64-41-50(29-34-62(64)69)39-48-20-9-5-10-21-48)54-32-37-61-66-42-51(40-49-22-11-6-12-23-49)30-38-67(66)70(68(61)45-54)56-26-15-8-16-27-56/h5-38,41-45,47,57,69H,4,39-40H2,1-3H3. The predicted molar refractivity (Wildman–Crippen MR) is 296 cm³/mol. The van der Waals surface area contributed by atoms with Gasteiger partial charge in [-0.15, -0.1) is 0 Å². The molecule has 0 spiro atoms. The molecule has 1 aliphatic carbocycles. The molecule has 0 N–H and O–H groups in total. The Bertz CT molecular complexity index is 3660. The summed E-state index contributed by atoms with van der Waals surface area (Å²) >= 11 is 0. The van der Waals surface area contributed by atoms with Gasteiger partial charge in [0.25, 0.3) is 0 Å². The van der Waals surface area contributed by atoms with Crippen LogP contribution in [0.4, 0.5) is 0 Å². The molecule has 70 heavy (non-hydrogen) atoms. The quantitative estimate of drug-likeness (QED) is 0.122. The van der Waals surface area contributed by atoms with Gasteiger partial charge in [0, 0.05) is 28.3 Å². The molecule has 338 valence electrons. The zero-order valence-corrected chi connectivity index (χ0v) is 40.3. The van der Waals surface area contributed by atoms with Crippen molar-refractivity contribution in [3.63, 3.8) is 0 Å². The van der Waals surface area contributed by atoms with Gasteiger partial charge in [-0.25, -0.2) is 0 Å². The number of rotatable bonds is 11. The van der Waals surface area contributed by atoms with E-state index in [0.717, 1.165) is 19.3 Å². The Balaban J connectivity index is 1.01. The minimum Gasteiger partial charge on any atom is -0.309 e. The fraction of sp³-hybridized carbons (Fsp3) is 0.130. The fourth-order valence-corrected chi connectivity index (χ4v) is 11.9. The minimum absolute atomic E-state index is 0.158. The van der Waals surface area contributed by atoms with Crippen LogP contribution in [-0.4, -0.2) is 4.57 Å². The van der Waals surface area contributed by atoms with Crippen LogP contribution >= 0.6 is 0 Å². The largest absolute Gasteiger partial charge is 0.309 e. The Kier molecular flexibility index (Phi) is 11.4. The van der Waals surface area contributed by atoms with E-state index in [0.29, 0.717) is 5.92 Å². The minimum atomic E-state index is 0.158. The Morgan fingerprint density at radius 1 is 0.429 bits per heavy atom. The summed E-state index contributed by atoms with van der Waals surface area (Å²) in [5.74, 6) is 0.668. The molecule has 10 aromatic carbocycles. The van der Waals surface area contributed by atoms with Gasteiger partial charge in [0.15, 0.2) is 0 Å². The monoisotopic (exact) mass is 899 g/mol. The van der Waals surface area contributed by atoms with Gasteiger partial charge >= 0.3 is 0 Å². The van der Waals surface area contributed by atoms with Gasteiger partial charge in [-0.2, -0.15) is 0 Å². The summed E-state index contributed by atoms with van der Waals surface area (Å²) in [6, 6.07) is 88.9. The van der Waals surface area contributed by atoms with E-state index in [1.54, 1.807) is 0 Å². The molecule has 1 aromatic heterocycles. The molecule has 0 amide bonds. The van der Waals surface area contributed by atoms with Crippen molar-refractivity contribution in [2.24, 2.45) is 0 Å². The van der Waals surface area contributed by atoms with Crippen LogP contribution in [0.25, 0.3) is 60.9 Å². The van der Waals surface area contributed by atoms with Crippen LogP contribution in [0.1, 0.15) is 93.7 Å². The third-order valence-electron chi connectivity index (χ3n) is 15.3. The lowest BCUT2D eigenvalue weighted by molar-refractivity contribution is 0.649. The van der Waals surface area contributed by atoms with Gasteiger partial charge in [-0.1, -0.05) is 220 Å². The van der Waals surface area contributed by atoms with Gasteiger partial charge in [0.1, 0.15) is 0 Å². The predicted octanol–water partition coefficient (Wildman–Crippen LogP) is 18.1. The molecule has 1 aliphatic rings. The molecule has 0 radical (unpaired) electrons. The van der Waals surface area contributed by atoms with Crippen molar-refractivity contribution in [1.82, 2.24) is 4.57 Å². The van der Waals surface area contributed by atoms with Crippen molar-refractivity contribution in [3.8, 4) is 39.1 Å². The Hall–Kier alpha value is -8.00. The topological polar surface area (TPSA) is 4.93 Å². The van der Waals surface area contributed by atoms with Crippen LogP contribution in [0.15, 0.2) is 237 Å². The molecule has 1 nitrogen and oxygen atoms in total. The maximum absolute atomic E-state index is 2.56. The third kappa shape index (κ3) is 7.96. The normalized spacial score (nSPS) is 14.6. The van der Waals surface area contributed by atoms with Crippen molar-refractivity contribution >= 4 is 21.8 Å². The van der Waals surface area contributed by atoms with E-state index in [1.807, 2.05) is 0 Å². The molecule has 0 bridgehead atoms. The number of hydrogen-bond acceptors (Lipinski definition) is 0. The molecule has 1 heteroatoms. The Morgan fingerprint density at radius 3 is 1.77 bits per heavy atom. The summed E-state index contributed by atoms with van der Waals surface area (Å²) in [5.41, 5.74) is 25.0. The SMILES string of the molecule is CCC(c1ccccc1)c1ccc(C2c3ccc(Cc4ccccc4)cc3-c3ccc(-c4ccc5c6cc(Cc7ccccc7)ccc6n(-c6ccccc6)c5c4)cc3C2C)cc1-c1ccccc1C. The molecular weight excluding hydrogens is 843 g/mol. The lowest BCUT2D eigenvalue weighted by atomic mass is 9.68. The highest BCUT2D eigenvalue weighted by atomic mass is 15.0. The molecule has 3 atom stereocenters. The highest BCUT2D eigenvalue weighted by Crippen LogP contribution is 2.52. The molecular formula is C69H57N. The Morgan fingerprint density at radius 2 is 1.06 bits per heavy atom. The van der Waals surface area contributed by atoms with E-state index in [1.165, 1.54) is 117 Å². The van der Waals surface area contributed by atoms with Crippen molar-refractivity contribution in [2.75, 3.05) is 0 Å². The summed E-state index contributed by atoms with van der Waals surface area (Å²) in [7, 11) is 0. The van der Waals surface area contributed by atoms with Crippen LogP contribution in [0.3, 0.4) is 0 Å². The maximum Gasteiger partial charge on any atom is 0.0547 e. The summed E-state index contributed by atoms with van der Waals surface area (Å²) < 4.78 is 2.46. The average molecular weight is 900 g/mol. The second-order valence-corrected chi connectivity index (χ2v) is 19.6. The molecule has 1 heterocycles. The first-order valence-electron chi connectivity index (χ1n) is 25.2.